The molecule has 1 saturated heterocycles. The summed E-state index contributed by atoms with van der Waals surface area (Å²) in [4.78, 5) is 2.28. The van der Waals surface area contributed by atoms with Crippen molar-refractivity contribution in [2.24, 2.45) is 29.1 Å². The molecule has 0 aromatic carbocycles. The van der Waals surface area contributed by atoms with Gasteiger partial charge in [0.1, 0.15) is 0 Å². The van der Waals surface area contributed by atoms with Crippen LogP contribution in [0.15, 0.2) is 35.5 Å². The normalized spacial score (nSPS) is 40.3. The summed E-state index contributed by atoms with van der Waals surface area (Å²) in [6, 6.07) is 0. The van der Waals surface area contributed by atoms with Crippen molar-refractivity contribution in [1.82, 2.24) is 4.90 Å². The second-order valence-electron chi connectivity index (χ2n) is 11.9. The maximum atomic E-state index is 13.8. The number of nitrogens with zero attached hydrogens (tertiary/aromatic N) is 1. The van der Waals surface area contributed by atoms with Crippen LogP contribution in [-0.4, -0.2) is 52.9 Å². The third kappa shape index (κ3) is 5.16. The van der Waals surface area contributed by atoms with E-state index in [-0.39, 0.29) is 5.41 Å². The molecule has 2 unspecified atom stereocenters. The molecular formula is C28H43F2NO2. The van der Waals surface area contributed by atoms with Crippen molar-refractivity contribution < 1.29 is 19.0 Å². The van der Waals surface area contributed by atoms with Crippen LogP contribution in [0.4, 0.5) is 8.78 Å². The molecule has 3 aliphatic carbocycles. The number of likely N-dealkylation sites (tertiary alicyclic amines) is 1. The molecule has 0 bridgehead atoms. The molecule has 1 heterocycles. The lowest BCUT2D eigenvalue weighted by atomic mass is 9.61. The van der Waals surface area contributed by atoms with Gasteiger partial charge in [0, 0.05) is 19.0 Å². The van der Waals surface area contributed by atoms with E-state index in [2.05, 4.69) is 37.5 Å². The van der Waals surface area contributed by atoms with Gasteiger partial charge in [0.15, 0.2) is 0 Å². The number of aliphatic hydroxyl groups excluding tert-OH is 2. The number of fused-ring (bicyclic) bond motifs is 1. The molecular weight excluding hydrogens is 420 g/mol. The highest BCUT2D eigenvalue weighted by atomic mass is 19.3. The minimum atomic E-state index is -2.57. The van der Waals surface area contributed by atoms with Crippen molar-refractivity contribution in [3.05, 3.63) is 35.5 Å². The molecule has 4 fully saturated rings. The number of rotatable bonds is 5. The lowest BCUT2D eigenvalue weighted by Crippen LogP contribution is -2.40. The molecule has 7 atom stereocenters. The summed E-state index contributed by atoms with van der Waals surface area (Å²) < 4.78 is 27.5. The molecule has 2 N–H and O–H groups in total. The summed E-state index contributed by atoms with van der Waals surface area (Å²) in [6.45, 7) is 12.0. The zero-order valence-corrected chi connectivity index (χ0v) is 20.7. The number of hydrogen-bond acceptors (Lipinski definition) is 3. The van der Waals surface area contributed by atoms with Crippen LogP contribution < -0.4 is 0 Å². The third-order valence-corrected chi connectivity index (χ3v) is 9.56. The number of aliphatic hydroxyl groups is 2. The van der Waals surface area contributed by atoms with Crippen LogP contribution >= 0.6 is 0 Å². The van der Waals surface area contributed by atoms with Gasteiger partial charge in [-0.1, -0.05) is 43.7 Å². The quantitative estimate of drug-likeness (QED) is 0.511. The minimum Gasteiger partial charge on any atom is -0.388 e. The van der Waals surface area contributed by atoms with E-state index in [1.165, 1.54) is 31.3 Å². The standard InChI is InChI=1S/C28H43F2NO2/c1-18(16-31-13-11-22(17-31)28(4,29)30)23-9-10-24-21(6-5-12-27(23,24)3)8-7-20-14-25(32)19(2)26(33)15-20/h7-8,18,22-26,32-33H,2,5-6,9-17H2,1,3-4H3/t18?,22?,23-,24+,25-,26-,27-/m1/s1. The topological polar surface area (TPSA) is 43.7 Å². The van der Waals surface area contributed by atoms with Gasteiger partial charge in [-0.25, -0.2) is 8.78 Å². The monoisotopic (exact) mass is 463 g/mol. The second kappa shape index (κ2) is 9.54. The van der Waals surface area contributed by atoms with E-state index in [9.17, 15) is 19.0 Å². The number of alkyl halides is 2. The lowest BCUT2D eigenvalue weighted by Gasteiger charge is -2.45. The van der Waals surface area contributed by atoms with Gasteiger partial charge in [0.25, 0.3) is 0 Å². The van der Waals surface area contributed by atoms with Gasteiger partial charge >= 0.3 is 0 Å². The molecule has 0 aromatic heterocycles. The number of allylic oxidation sites excluding steroid dienone is 3. The summed E-state index contributed by atoms with van der Waals surface area (Å²) in [5.41, 5.74) is 3.42. The van der Waals surface area contributed by atoms with Gasteiger partial charge in [-0.2, -0.15) is 0 Å². The molecule has 186 valence electrons. The Morgan fingerprint density at radius 3 is 2.52 bits per heavy atom. The fourth-order valence-corrected chi connectivity index (χ4v) is 7.59. The Labute approximate surface area is 198 Å². The molecule has 3 saturated carbocycles. The summed E-state index contributed by atoms with van der Waals surface area (Å²) >= 11 is 0. The highest BCUT2D eigenvalue weighted by Gasteiger charge is 2.51. The van der Waals surface area contributed by atoms with Gasteiger partial charge in [0.05, 0.1) is 12.2 Å². The molecule has 4 rings (SSSR count). The van der Waals surface area contributed by atoms with Crippen molar-refractivity contribution >= 4 is 0 Å². The molecule has 0 amide bonds. The molecule has 4 aliphatic rings. The van der Waals surface area contributed by atoms with Crippen molar-refractivity contribution in [3.8, 4) is 0 Å². The van der Waals surface area contributed by atoms with Crippen molar-refractivity contribution in [1.29, 1.82) is 0 Å². The average Bonchev–Trinajstić information content (AvgIpc) is 3.34. The van der Waals surface area contributed by atoms with Crippen molar-refractivity contribution in [3.63, 3.8) is 0 Å². The molecule has 5 heteroatoms. The van der Waals surface area contributed by atoms with Gasteiger partial charge in [-0.05, 0) is 93.6 Å². The van der Waals surface area contributed by atoms with Gasteiger partial charge < -0.3 is 15.1 Å². The Kier molecular flexibility index (Phi) is 7.25. The summed E-state index contributed by atoms with van der Waals surface area (Å²) in [5, 5.41) is 20.3. The van der Waals surface area contributed by atoms with Crippen LogP contribution in [0.3, 0.4) is 0 Å². The Bertz CT molecular complexity index is 784. The molecule has 0 radical (unpaired) electrons. The first-order chi connectivity index (χ1) is 15.5. The van der Waals surface area contributed by atoms with Crippen LogP contribution in [-0.2, 0) is 0 Å². The summed E-state index contributed by atoms with van der Waals surface area (Å²) in [7, 11) is 0. The second-order valence-corrected chi connectivity index (χ2v) is 11.9. The van der Waals surface area contributed by atoms with Gasteiger partial charge in [0.2, 0.25) is 5.92 Å². The average molecular weight is 464 g/mol. The van der Waals surface area contributed by atoms with Crippen molar-refractivity contribution in [2.45, 2.75) is 90.3 Å². The molecule has 0 aromatic rings. The SMILES string of the molecule is C=C1[C@H](O)CC(=CC=C2CCC[C@]3(C)[C@@H](C(C)CN4CCC(C(C)(F)F)C4)CC[C@@H]23)C[C@H]1O. The van der Waals surface area contributed by atoms with Gasteiger partial charge in [-0.3, -0.25) is 0 Å². The van der Waals surface area contributed by atoms with Crippen LogP contribution in [0, 0.1) is 29.1 Å². The van der Waals surface area contributed by atoms with E-state index in [1.54, 1.807) is 0 Å². The molecule has 0 spiro atoms. The summed E-state index contributed by atoms with van der Waals surface area (Å²) in [5.74, 6) is -1.35. The fraction of sp³-hybridized carbons (Fsp3) is 0.786. The van der Waals surface area contributed by atoms with Crippen LogP contribution in [0.25, 0.3) is 0 Å². The first-order valence-electron chi connectivity index (χ1n) is 13.0. The van der Waals surface area contributed by atoms with E-state index in [1.807, 2.05) is 0 Å². The molecule has 1 aliphatic heterocycles. The Morgan fingerprint density at radius 2 is 1.88 bits per heavy atom. The van der Waals surface area contributed by atoms with E-state index >= 15 is 0 Å². The first-order valence-corrected chi connectivity index (χ1v) is 13.0. The number of halogens is 2. The van der Waals surface area contributed by atoms with Crippen LogP contribution in [0.5, 0.6) is 0 Å². The summed E-state index contributed by atoms with van der Waals surface area (Å²) in [6.07, 6.45) is 10.9. The van der Waals surface area contributed by atoms with E-state index in [0.29, 0.717) is 49.1 Å². The Hall–Kier alpha value is -1.04. The highest BCUT2D eigenvalue weighted by molar-refractivity contribution is 5.29. The fourth-order valence-electron chi connectivity index (χ4n) is 7.59. The van der Waals surface area contributed by atoms with E-state index < -0.39 is 24.0 Å². The Balaban J connectivity index is 1.42. The van der Waals surface area contributed by atoms with E-state index in [4.69, 9.17) is 0 Å². The maximum Gasteiger partial charge on any atom is 0.249 e. The maximum absolute atomic E-state index is 13.8. The predicted octanol–water partition coefficient (Wildman–Crippen LogP) is 5.74. The third-order valence-electron chi connectivity index (χ3n) is 9.56. The smallest absolute Gasteiger partial charge is 0.249 e. The Morgan fingerprint density at radius 1 is 1.18 bits per heavy atom. The molecule has 3 nitrogen and oxygen atoms in total. The first kappa shape index (κ1) is 25.1. The van der Waals surface area contributed by atoms with Crippen LogP contribution in [0.2, 0.25) is 0 Å². The molecule has 33 heavy (non-hydrogen) atoms. The predicted molar refractivity (Wildman–Crippen MR) is 129 cm³/mol. The van der Waals surface area contributed by atoms with Gasteiger partial charge in [-0.15, -0.1) is 0 Å². The lowest BCUT2D eigenvalue weighted by molar-refractivity contribution is -0.0360. The highest BCUT2D eigenvalue weighted by Crippen LogP contribution is 2.59. The minimum absolute atomic E-state index is 0.274. The number of hydrogen-bond donors (Lipinski definition) is 2. The zero-order chi connectivity index (χ0) is 24.0. The van der Waals surface area contributed by atoms with Crippen molar-refractivity contribution in [2.75, 3.05) is 19.6 Å². The van der Waals surface area contributed by atoms with E-state index in [0.717, 1.165) is 32.0 Å². The largest absolute Gasteiger partial charge is 0.388 e. The van der Waals surface area contributed by atoms with Crippen LogP contribution in [0.1, 0.15) is 72.1 Å². The zero-order valence-electron chi connectivity index (χ0n) is 20.7.